The van der Waals surface area contributed by atoms with Gasteiger partial charge in [0, 0.05) is 48.3 Å². The predicted molar refractivity (Wildman–Crippen MR) is 174 cm³/mol. The molecule has 6 heteroatoms. The molecule has 5 aliphatic rings. The van der Waals surface area contributed by atoms with Crippen LogP contribution in [0.2, 0.25) is 0 Å². The molecule has 12 unspecified atom stereocenters. The van der Waals surface area contributed by atoms with Crippen molar-refractivity contribution in [3.05, 3.63) is 22.3 Å². The molecule has 3 saturated heterocycles. The van der Waals surface area contributed by atoms with Crippen LogP contribution in [0.5, 0.6) is 0 Å². The Morgan fingerprint density at radius 1 is 0.526 bits per heavy atom. The quantitative estimate of drug-likeness (QED) is 0.250. The van der Waals surface area contributed by atoms with Crippen molar-refractivity contribution in [1.82, 2.24) is 21.3 Å². The van der Waals surface area contributed by atoms with E-state index in [1.54, 1.807) is 22.3 Å². The van der Waals surface area contributed by atoms with Gasteiger partial charge in [-0.3, -0.25) is 0 Å². The first-order valence-corrected chi connectivity index (χ1v) is 15.7. The van der Waals surface area contributed by atoms with Gasteiger partial charge in [0.05, 0.1) is 0 Å². The fourth-order valence-electron chi connectivity index (χ4n) is 9.70. The van der Waals surface area contributed by atoms with Crippen LogP contribution in [-0.4, -0.2) is 48.3 Å². The average Bonchev–Trinajstić information content (AvgIpc) is 3.51. The third-order valence-corrected chi connectivity index (χ3v) is 11.9. The number of fused-ring (bicyclic) bond motifs is 8. The topological polar surface area (TPSA) is 48.1 Å². The molecule has 0 amide bonds. The van der Waals surface area contributed by atoms with E-state index in [4.69, 9.17) is 0 Å². The molecule has 8 bridgehead atoms. The normalized spacial score (nSPS) is 44.8. The maximum Gasteiger partial charge on any atom is 0.0303 e. The second-order valence-corrected chi connectivity index (χ2v) is 13.2. The summed E-state index contributed by atoms with van der Waals surface area (Å²) in [4.78, 5) is 0. The first-order chi connectivity index (χ1) is 17.3. The number of hydrogen-bond donors (Lipinski definition) is 4. The molecule has 0 radical (unpaired) electrons. The van der Waals surface area contributed by atoms with Gasteiger partial charge in [-0.05, 0) is 76.0 Å². The van der Waals surface area contributed by atoms with Crippen molar-refractivity contribution < 1.29 is 0 Å². The minimum Gasteiger partial charge on any atom is -0.311 e. The van der Waals surface area contributed by atoms with Gasteiger partial charge in [0.25, 0.3) is 0 Å². The van der Waals surface area contributed by atoms with E-state index in [1.807, 2.05) is 0 Å². The monoisotopic (exact) mass is 656 g/mol. The van der Waals surface area contributed by atoms with Crippen molar-refractivity contribution in [2.45, 2.75) is 155 Å². The Labute approximate surface area is 255 Å². The van der Waals surface area contributed by atoms with Crippen molar-refractivity contribution in [2.24, 2.45) is 23.7 Å². The highest BCUT2D eigenvalue weighted by Gasteiger charge is 2.47. The first-order valence-electron chi connectivity index (χ1n) is 15.7. The summed E-state index contributed by atoms with van der Waals surface area (Å²) in [6, 6.07) is 4.63. The van der Waals surface area contributed by atoms with Crippen molar-refractivity contribution in [3.63, 3.8) is 0 Å². The van der Waals surface area contributed by atoms with Gasteiger partial charge >= 0.3 is 0 Å². The zero-order chi connectivity index (χ0) is 25.7. The second kappa shape index (κ2) is 13.5. The highest BCUT2D eigenvalue weighted by Crippen LogP contribution is 2.42. The van der Waals surface area contributed by atoms with E-state index in [9.17, 15) is 0 Å². The molecular formula is C32H58Br2N4. The fourth-order valence-corrected chi connectivity index (χ4v) is 9.70. The molecule has 4 nitrogen and oxygen atoms in total. The van der Waals surface area contributed by atoms with Crippen LogP contribution in [0.25, 0.3) is 0 Å². The molecule has 0 aromatic heterocycles. The Bertz CT molecular complexity index is 802. The maximum atomic E-state index is 4.22. The second-order valence-electron chi connectivity index (χ2n) is 13.2. The van der Waals surface area contributed by atoms with Crippen LogP contribution in [0.15, 0.2) is 22.3 Å². The molecule has 5 aliphatic heterocycles. The van der Waals surface area contributed by atoms with Crippen molar-refractivity contribution >= 4 is 34.0 Å². The Kier molecular flexibility index (Phi) is 11.7. The summed E-state index contributed by atoms with van der Waals surface area (Å²) in [5.74, 6) is 3.04. The summed E-state index contributed by atoms with van der Waals surface area (Å²) in [6.45, 7) is 19.6. The van der Waals surface area contributed by atoms with Gasteiger partial charge < -0.3 is 21.3 Å². The van der Waals surface area contributed by atoms with Gasteiger partial charge in [0.2, 0.25) is 0 Å². The van der Waals surface area contributed by atoms with E-state index in [2.05, 4.69) is 76.7 Å². The molecule has 4 N–H and O–H groups in total. The SMILES string of the molecule is Br.Br.CCC1=C(C)C2CC3NC(CC4NC(CC5NC(CC1N2)C(C)C5CC)C(C)=C4CC)C(C)C3CC. The standard InChI is InChI=1S/C32H56N4.2BrH/c1-9-21-17(5)25-14-30-23(11-3)19(7)27(35-30)16-32-24(12-4)20(8)28(36-32)15-31-22(10-2)18(6)26(34-31)13-29(21)33-25;;/h17,20-21,24-36H,9-16H2,1-8H3;2*1H. The lowest BCUT2D eigenvalue weighted by Gasteiger charge is -2.27. The van der Waals surface area contributed by atoms with Crippen LogP contribution in [0.3, 0.4) is 0 Å². The summed E-state index contributed by atoms with van der Waals surface area (Å²) in [5, 5.41) is 16.8. The van der Waals surface area contributed by atoms with E-state index in [0.717, 1.165) is 23.7 Å². The first kappa shape index (κ1) is 32.8. The van der Waals surface area contributed by atoms with E-state index in [1.165, 1.54) is 51.4 Å². The molecule has 3 fully saturated rings. The number of rotatable bonds is 4. The Hall–Kier alpha value is 0.280. The molecule has 0 aliphatic carbocycles. The zero-order valence-electron chi connectivity index (χ0n) is 25.4. The number of halogens is 2. The van der Waals surface area contributed by atoms with Crippen molar-refractivity contribution in [3.8, 4) is 0 Å². The highest BCUT2D eigenvalue weighted by molar-refractivity contribution is 8.93. The van der Waals surface area contributed by atoms with Crippen LogP contribution >= 0.6 is 34.0 Å². The summed E-state index contributed by atoms with van der Waals surface area (Å²) >= 11 is 0. The van der Waals surface area contributed by atoms with Crippen LogP contribution in [-0.2, 0) is 0 Å². The summed E-state index contributed by atoms with van der Waals surface area (Å²) in [6.07, 6.45) is 9.93. The Balaban J connectivity index is 0.00000200. The predicted octanol–water partition coefficient (Wildman–Crippen LogP) is 6.86. The Morgan fingerprint density at radius 2 is 0.868 bits per heavy atom. The van der Waals surface area contributed by atoms with E-state index in [-0.39, 0.29) is 34.0 Å². The van der Waals surface area contributed by atoms with Crippen LogP contribution in [0.4, 0.5) is 0 Å². The van der Waals surface area contributed by atoms with Gasteiger partial charge in [-0.2, -0.15) is 0 Å². The number of hydrogen-bond acceptors (Lipinski definition) is 4. The summed E-state index contributed by atoms with van der Waals surface area (Å²) in [5.41, 5.74) is 6.72. The smallest absolute Gasteiger partial charge is 0.0303 e. The largest absolute Gasteiger partial charge is 0.311 e. The lowest BCUT2D eigenvalue weighted by atomic mass is 9.81. The van der Waals surface area contributed by atoms with Crippen molar-refractivity contribution in [2.75, 3.05) is 0 Å². The highest BCUT2D eigenvalue weighted by atomic mass is 79.9. The van der Waals surface area contributed by atoms with Crippen LogP contribution in [0.1, 0.15) is 107 Å². The minimum absolute atomic E-state index is 0. The molecule has 5 heterocycles. The maximum absolute atomic E-state index is 4.22. The van der Waals surface area contributed by atoms with Gasteiger partial charge in [0.15, 0.2) is 0 Å². The number of nitrogens with one attached hydrogen (secondary N) is 4. The van der Waals surface area contributed by atoms with Crippen LogP contribution < -0.4 is 21.3 Å². The van der Waals surface area contributed by atoms with E-state index < -0.39 is 0 Å². The molecule has 0 spiro atoms. The third-order valence-electron chi connectivity index (χ3n) is 11.9. The molecule has 38 heavy (non-hydrogen) atoms. The average molecular weight is 659 g/mol. The lowest BCUT2D eigenvalue weighted by molar-refractivity contribution is 0.305. The fraction of sp³-hybridized carbons (Fsp3) is 0.875. The minimum atomic E-state index is 0. The van der Waals surface area contributed by atoms with Gasteiger partial charge in [-0.1, -0.05) is 76.7 Å². The van der Waals surface area contributed by atoms with E-state index >= 15 is 0 Å². The molecular weight excluding hydrogens is 600 g/mol. The van der Waals surface area contributed by atoms with Gasteiger partial charge in [-0.15, -0.1) is 34.0 Å². The molecule has 0 saturated carbocycles. The zero-order valence-corrected chi connectivity index (χ0v) is 28.8. The molecule has 0 aromatic rings. The van der Waals surface area contributed by atoms with Gasteiger partial charge in [0.1, 0.15) is 0 Å². The third kappa shape index (κ3) is 5.79. The lowest BCUT2D eigenvalue weighted by Crippen LogP contribution is -2.46. The molecule has 5 rings (SSSR count). The molecule has 0 aromatic carbocycles. The molecule has 220 valence electrons. The Morgan fingerprint density at radius 3 is 1.18 bits per heavy atom. The van der Waals surface area contributed by atoms with Gasteiger partial charge in [-0.25, -0.2) is 0 Å². The van der Waals surface area contributed by atoms with Crippen molar-refractivity contribution in [1.29, 1.82) is 0 Å². The summed E-state index contributed by atoms with van der Waals surface area (Å²) in [7, 11) is 0. The van der Waals surface area contributed by atoms with E-state index in [0.29, 0.717) is 48.3 Å². The molecule has 12 atom stereocenters. The van der Waals surface area contributed by atoms with Crippen LogP contribution in [0, 0.1) is 23.7 Å². The summed E-state index contributed by atoms with van der Waals surface area (Å²) < 4.78 is 0.